The summed E-state index contributed by atoms with van der Waals surface area (Å²) in [6, 6.07) is 9.14. The molecule has 1 fully saturated rings. The monoisotopic (exact) mass is 437 g/mol. The average Bonchev–Trinajstić information content (AvgIpc) is 3.29. The Kier molecular flexibility index (Phi) is 5.02. The molecular weight excluding hydrogens is 418 g/mol. The van der Waals surface area contributed by atoms with Gasteiger partial charge in [0, 0.05) is 16.1 Å². The molecule has 148 valence electrons. The molecule has 0 saturated carbocycles. The summed E-state index contributed by atoms with van der Waals surface area (Å²) < 4.78 is 30.6. The lowest BCUT2D eigenvalue weighted by Gasteiger charge is -2.27. The Balaban J connectivity index is 1.73. The highest BCUT2D eigenvalue weighted by Crippen LogP contribution is 2.37. The van der Waals surface area contributed by atoms with E-state index in [4.69, 9.17) is 16.0 Å². The predicted octanol–water partition coefficient (Wildman–Crippen LogP) is 4.59. The average molecular weight is 438 g/mol. The van der Waals surface area contributed by atoms with Crippen LogP contribution in [0.2, 0.25) is 5.02 Å². The number of furan rings is 1. The number of nitrogens with zero attached hydrogens (tertiary/aromatic N) is 1. The van der Waals surface area contributed by atoms with Crippen LogP contribution in [0.15, 0.2) is 34.7 Å². The van der Waals surface area contributed by atoms with Gasteiger partial charge in [0.25, 0.3) is 5.91 Å². The number of hydrogen-bond acceptors (Lipinski definition) is 5. The fraction of sp³-hybridized carbons (Fsp3) is 0.350. The van der Waals surface area contributed by atoms with Crippen LogP contribution in [0.1, 0.15) is 33.2 Å². The molecule has 0 aliphatic carbocycles. The van der Waals surface area contributed by atoms with E-state index in [2.05, 4.69) is 0 Å². The topological polar surface area (TPSA) is 67.6 Å². The Morgan fingerprint density at radius 2 is 2.07 bits per heavy atom. The van der Waals surface area contributed by atoms with E-state index in [9.17, 15) is 13.2 Å². The van der Waals surface area contributed by atoms with Crippen LogP contribution in [-0.4, -0.2) is 36.8 Å². The second-order valence-electron chi connectivity index (χ2n) is 7.25. The number of benzene rings is 1. The van der Waals surface area contributed by atoms with E-state index in [1.165, 1.54) is 11.3 Å². The summed E-state index contributed by atoms with van der Waals surface area (Å²) in [5.74, 6) is 1.19. The number of amides is 1. The molecule has 4 rings (SSSR count). The van der Waals surface area contributed by atoms with E-state index in [0.29, 0.717) is 22.1 Å². The molecule has 0 N–H and O–H groups in total. The van der Waals surface area contributed by atoms with Crippen molar-refractivity contribution in [2.75, 3.05) is 11.5 Å². The summed E-state index contributed by atoms with van der Waals surface area (Å²) in [5, 5.41) is 1.26. The molecule has 3 heterocycles. The second kappa shape index (κ2) is 7.21. The molecule has 8 heteroatoms. The molecule has 1 aliphatic heterocycles. The SMILES string of the molecule is Cc1ccc2c(Cl)c(C(=O)N(Cc3ccc(C)o3)[C@H]3CCS(=O)(=O)C3)sc2c1. The van der Waals surface area contributed by atoms with Gasteiger partial charge in [-0.15, -0.1) is 11.3 Å². The maximum absolute atomic E-state index is 13.4. The van der Waals surface area contributed by atoms with Crippen molar-refractivity contribution in [3.05, 3.63) is 57.3 Å². The lowest BCUT2D eigenvalue weighted by molar-refractivity contribution is 0.0671. The lowest BCUT2D eigenvalue weighted by Crippen LogP contribution is -2.40. The van der Waals surface area contributed by atoms with E-state index in [-0.39, 0.29) is 30.0 Å². The number of carbonyl (C=O) groups excluding carboxylic acids is 1. The van der Waals surface area contributed by atoms with Gasteiger partial charge in [-0.1, -0.05) is 23.7 Å². The Bertz CT molecular complexity index is 1160. The van der Waals surface area contributed by atoms with E-state index in [1.54, 1.807) is 4.90 Å². The number of carbonyl (C=O) groups is 1. The first-order valence-corrected chi connectivity index (χ1v) is 12.0. The zero-order valence-electron chi connectivity index (χ0n) is 15.6. The molecular formula is C20H20ClNO4S2. The van der Waals surface area contributed by atoms with Gasteiger partial charge in [-0.3, -0.25) is 4.79 Å². The van der Waals surface area contributed by atoms with Gasteiger partial charge in [0.2, 0.25) is 0 Å². The third kappa shape index (κ3) is 3.71. The molecule has 1 aromatic carbocycles. The molecule has 1 atom stereocenters. The predicted molar refractivity (Wildman–Crippen MR) is 112 cm³/mol. The van der Waals surface area contributed by atoms with Crippen LogP contribution in [-0.2, 0) is 16.4 Å². The smallest absolute Gasteiger partial charge is 0.266 e. The van der Waals surface area contributed by atoms with Crippen molar-refractivity contribution >= 4 is 48.8 Å². The van der Waals surface area contributed by atoms with Crippen molar-refractivity contribution in [3.8, 4) is 0 Å². The van der Waals surface area contributed by atoms with Crippen molar-refractivity contribution in [1.82, 2.24) is 4.90 Å². The molecule has 1 saturated heterocycles. The molecule has 5 nitrogen and oxygen atoms in total. The summed E-state index contributed by atoms with van der Waals surface area (Å²) in [4.78, 5) is 15.5. The zero-order valence-corrected chi connectivity index (χ0v) is 18.0. The van der Waals surface area contributed by atoms with Crippen LogP contribution in [0.5, 0.6) is 0 Å². The summed E-state index contributed by atoms with van der Waals surface area (Å²) in [5.41, 5.74) is 1.09. The largest absolute Gasteiger partial charge is 0.464 e. The molecule has 0 bridgehead atoms. The van der Waals surface area contributed by atoms with Crippen molar-refractivity contribution in [2.24, 2.45) is 0 Å². The minimum atomic E-state index is -3.14. The van der Waals surface area contributed by atoms with Gasteiger partial charge in [0.05, 0.1) is 23.1 Å². The first-order chi connectivity index (χ1) is 13.2. The Morgan fingerprint density at radius 3 is 2.71 bits per heavy atom. The van der Waals surface area contributed by atoms with E-state index < -0.39 is 9.84 Å². The number of thiophene rings is 1. The molecule has 2 aromatic heterocycles. The maximum Gasteiger partial charge on any atom is 0.266 e. The lowest BCUT2D eigenvalue weighted by atomic mass is 10.1. The van der Waals surface area contributed by atoms with Gasteiger partial charge in [0.1, 0.15) is 16.4 Å². The third-order valence-electron chi connectivity index (χ3n) is 5.01. The van der Waals surface area contributed by atoms with Crippen LogP contribution in [0, 0.1) is 13.8 Å². The van der Waals surface area contributed by atoms with Gasteiger partial charge >= 0.3 is 0 Å². The van der Waals surface area contributed by atoms with Gasteiger partial charge in [0.15, 0.2) is 9.84 Å². The number of hydrogen-bond donors (Lipinski definition) is 0. The highest BCUT2D eigenvalue weighted by Gasteiger charge is 2.36. The van der Waals surface area contributed by atoms with E-state index in [1.807, 2.05) is 44.2 Å². The zero-order chi connectivity index (χ0) is 20.1. The Hall–Kier alpha value is -1.83. The normalized spacial score (nSPS) is 18.6. The van der Waals surface area contributed by atoms with Crippen LogP contribution in [0.4, 0.5) is 0 Å². The minimum Gasteiger partial charge on any atom is -0.464 e. The van der Waals surface area contributed by atoms with Crippen molar-refractivity contribution in [3.63, 3.8) is 0 Å². The van der Waals surface area contributed by atoms with E-state index >= 15 is 0 Å². The summed E-state index contributed by atoms with van der Waals surface area (Å²) >= 11 is 7.89. The number of sulfone groups is 1. The first-order valence-electron chi connectivity index (χ1n) is 8.99. The van der Waals surface area contributed by atoms with Crippen LogP contribution >= 0.6 is 22.9 Å². The Morgan fingerprint density at radius 1 is 1.29 bits per heavy atom. The fourth-order valence-electron chi connectivity index (χ4n) is 3.57. The van der Waals surface area contributed by atoms with Crippen LogP contribution in [0.3, 0.4) is 0 Å². The molecule has 0 unspecified atom stereocenters. The van der Waals surface area contributed by atoms with Gasteiger partial charge in [-0.25, -0.2) is 8.42 Å². The second-order valence-corrected chi connectivity index (χ2v) is 10.9. The molecule has 0 spiro atoms. The van der Waals surface area contributed by atoms with Gasteiger partial charge in [-0.05, 0) is 44.0 Å². The van der Waals surface area contributed by atoms with Gasteiger partial charge < -0.3 is 9.32 Å². The third-order valence-corrected chi connectivity index (χ3v) is 8.41. The number of rotatable bonds is 4. The number of fused-ring (bicyclic) bond motifs is 1. The Labute approximate surface area is 172 Å². The number of halogens is 1. The highest BCUT2D eigenvalue weighted by atomic mass is 35.5. The molecule has 1 aliphatic rings. The number of aryl methyl sites for hydroxylation is 2. The van der Waals surface area contributed by atoms with Crippen molar-refractivity contribution in [2.45, 2.75) is 32.9 Å². The van der Waals surface area contributed by atoms with Crippen molar-refractivity contribution in [1.29, 1.82) is 0 Å². The van der Waals surface area contributed by atoms with E-state index in [0.717, 1.165) is 21.4 Å². The van der Waals surface area contributed by atoms with Crippen LogP contribution in [0.25, 0.3) is 10.1 Å². The summed E-state index contributed by atoms with van der Waals surface area (Å²) in [6.45, 7) is 4.04. The van der Waals surface area contributed by atoms with Gasteiger partial charge in [-0.2, -0.15) is 0 Å². The van der Waals surface area contributed by atoms with Crippen LogP contribution < -0.4 is 0 Å². The van der Waals surface area contributed by atoms with Crippen molar-refractivity contribution < 1.29 is 17.6 Å². The quantitative estimate of drug-likeness (QED) is 0.598. The molecule has 3 aromatic rings. The molecule has 28 heavy (non-hydrogen) atoms. The maximum atomic E-state index is 13.4. The standard InChI is InChI=1S/C20H20ClNO4S2/c1-12-3-6-16-17(9-12)27-19(18(16)21)20(23)22(10-15-5-4-13(2)26-15)14-7-8-28(24,25)11-14/h3-6,9,14H,7-8,10-11H2,1-2H3/t14-/m0/s1. The highest BCUT2D eigenvalue weighted by molar-refractivity contribution is 7.91. The summed E-state index contributed by atoms with van der Waals surface area (Å²) in [6.07, 6.45) is 0.426. The summed E-state index contributed by atoms with van der Waals surface area (Å²) in [7, 11) is -3.14. The molecule has 0 radical (unpaired) electrons. The first kappa shape index (κ1) is 19.5. The fourth-order valence-corrected chi connectivity index (χ4v) is 6.86. The molecule has 1 amide bonds. The minimum absolute atomic E-state index is 0.0277.